The number of hydrogen-bond donors (Lipinski definition) is 2. The normalized spacial score (nSPS) is 20.8. The summed E-state index contributed by atoms with van der Waals surface area (Å²) in [7, 11) is 0. The van der Waals surface area contributed by atoms with E-state index in [-0.39, 0.29) is 31.0 Å². The SMILES string of the molecule is CC(C(=O)Nc1ccc(Br)cn1)N1CCC(F)(F)[C@@H](c2ccc(=O)[nH]c2)C1. The maximum absolute atomic E-state index is 14.4. The number of H-pyrrole nitrogens is 1. The van der Waals surface area contributed by atoms with Crippen LogP contribution in [0.4, 0.5) is 14.6 Å². The van der Waals surface area contributed by atoms with Gasteiger partial charge < -0.3 is 10.3 Å². The van der Waals surface area contributed by atoms with Crippen LogP contribution in [0.1, 0.15) is 24.8 Å². The number of nitrogens with one attached hydrogen (secondary N) is 2. The Morgan fingerprint density at radius 3 is 2.81 bits per heavy atom. The molecule has 1 unspecified atom stereocenters. The van der Waals surface area contributed by atoms with Crippen LogP contribution in [0.3, 0.4) is 0 Å². The van der Waals surface area contributed by atoms with Gasteiger partial charge in [0, 0.05) is 42.4 Å². The van der Waals surface area contributed by atoms with Crippen molar-refractivity contribution in [2.75, 3.05) is 18.4 Å². The molecule has 0 aliphatic carbocycles. The van der Waals surface area contributed by atoms with Crippen LogP contribution in [0.25, 0.3) is 0 Å². The maximum atomic E-state index is 14.4. The van der Waals surface area contributed by atoms with Gasteiger partial charge in [-0.2, -0.15) is 0 Å². The molecule has 0 aromatic carbocycles. The Kier molecular flexibility index (Phi) is 5.71. The van der Waals surface area contributed by atoms with Crippen molar-refractivity contribution in [1.29, 1.82) is 0 Å². The smallest absolute Gasteiger partial charge is 0.257 e. The number of rotatable bonds is 4. The molecule has 2 aromatic rings. The fourth-order valence-corrected chi connectivity index (χ4v) is 3.35. The first-order valence-electron chi connectivity index (χ1n) is 8.49. The molecular formula is C18H19BrF2N4O2. The number of nitrogens with zero attached hydrogens (tertiary/aromatic N) is 2. The first-order valence-corrected chi connectivity index (χ1v) is 9.28. The number of piperidine rings is 1. The lowest BCUT2D eigenvalue weighted by atomic mass is 9.87. The number of pyridine rings is 2. The van der Waals surface area contributed by atoms with E-state index in [1.54, 1.807) is 30.2 Å². The Balaban J connectivity index is 1.72. The molecule has 27 heavy (non-hydrogen) atoms. The van der Waals surface area contributed by atoms with Gasteiger partial charge in [-0.15, -0.1) is 0 Å². The number of anilines is 1. The van der Waals surface area contributed by atoms with E-state index in [0.717, 1.165) is 4.47 Å². The predicted octanol–water partition coefficient (Wildman–Crippen LogP) is 2.98. The summed E-state index contributed by atoms with van der Waals surface area (Å²) in [5, 5.41) is 2.70. The van der Waals surface area contributed by atoms with Crippen LogP contribution in [0.15, 0.2) is 45.9 Å². The minimum atomic E-state index is -2.90. The van der Waals surface area contributed by atoms with Crippen LogP contribution in [0, 0.1) is 0 Å². The van der Waals surface area contributed by atoms with Gasteiger partial charge >= 0.3 is 0 Å². The number of aromatic nitrogens is 2. The molecule has 3 heterocycles. The third-order valence-electron chi connectivity index (χ3n) is 4.78. The molecule has 0 spiro atoms. The molecule has 2 N–H and O–H groups in total. The quantitative estimate of drug-likeness (QED) is 0.765. The molecule has 1 amide bonds. The molecule has 2 atom stereocenters. The summed E-state index contributed by atoms with van der Waals surface area (Å²) < 4.78 is 29.7. The number of likely N-dealkylation sites (tertiary alicyclic amines) is 1. The van der Waals surface area contributed by atoms with Gasteiger partial charge in [0.25, 0.3) is 5.92 Å². The van der Waals surface area contributed by atoms with Crippen LogP contribution >= 0.6 is 15.9 Å². The monoisotopic (exact) mass is 440 g/mol. The zero-order valence-corrected chi connectivity index (χ0v) is 16.2. The first kappa shape index (κ1) is 19.6. The molecule has 1 saturated heterocycles. The molecule has 9 heteroatoms. The number of alkyl halides is 2. The average Bonchev–Trinajstić information content (AvgIpc) is 2.64. The van der Waals surface area contributed by atoms with Gasteiger partial charge in [0.15, 0.2) is 0 Å². The van der Waals surface area contributed by atoms with E-state index in [1.165, 1.54) is 18.3 Å². The summed E-state index contributed by atoms with van der Waals surface area (Å²) in [6, 6.07) is 5.46. The molecule has 0 saturated carbocycles. The number of aromatic amines is 1. The third kappa shape index (κ3) is 4.59. The van der Waals surface area contributed by atoms with Crippen molar-refractivity contribution in [1.82, 2.24) is 14.9 Å². The lowest BCUT2D eigenvalue weighted by molar-refractivity contribution is -0.125. The van der Waals surface area contributed by atoms with Crippen molar-refractivity contribution in [2.24, 2.45) is 0 Å². The lowest BCUT2D eigenvalue weighted by Crippen LogP contribution is -2.52. The van der Waals surface area contributed by atoms with Crippen molar-refractivity contribution >= 4 is 27.7 Å². The Morgan fingerprint density at radius 1 is 1.41 bits per heavy atom. The number of carbonyl (C=O) groups is 1. The predicted molar refractivity (Wildman–Crippen MR) is 101 cm³/mol. The highest BCUT2D eigenvalue weighted by Gasteiger charge is 2.46. The second-order valence-electron chi connectivity index (χ2n) is 6.57. The Bertz CT molecular complexity index is 852. The van der Waals surface area contributed by atoms with Gasteiger partial charge in [-0.25, -0.2) is 13.8 Å². The molecule has 3 rings (SSSR count). The summed E-state index contributed by atoms with van der Waals surface area (Å²) in [6.07, 6.45) is 2.53. The van der Waals surface area contributed by atoms with E-state index in [0.29, 0.717) is 11.4 Å². The number of halogens is 3. The van der Waals surface area contributed by atoms with Gasteiger partial charge in [0.05, 0.1) is 12.0 Å². The fourth-order valence-electron chi connectivity index (χ4n) is 3.11. The molecule has 144 valence electrons. The van der Waals surface area contributed by atoms with Gasteiger partial charge in [0.1, 0.15) is 5.82 Å². The number of amides is 1. The van der Waals surface area contributed by atoms with E-state index in [4.69, 9.17) is 0 Å². The second kappa shape index (κ2) is 7.85. The van der Waals surface area contributed by atoms with Crippen molar-refractivity contribution in [3.63, 3.8) is 0 Å². The zero-order valence-electron chi connectivity index (χ0n) is 14.6. The van der Waals surface area contributed by atoms with Gasteiger partial charge in [-0.1, -0.05) is 6.07 Å². The van der Waals surface area contributed by atoms with Crippen molar-refractivity contribution in [3.05, 3.63) is 57.0 Å². The molecule has 1 fully saturated rings. The molecule has 1 aliphatic rings. The highest BCUT2D eigenvalue weighted by Crippen LogP contribution is 2.40. The molecule has 0 radical (unpaired) electrons. The topological polar surface area (TPSA) is 78.1 Å². The highest BCUT2D eigenvalue weighted by molar-refractivity contribution is 9.10. The number of hydrogen-bond acceptors (Lipinski definition) is 4. The molecule has 0 bridgehead atoms. The van der Waals surface area contributed by atoms with E-state index in [9.17, 15) is 18.4 Å². The van der Waals surface area contributed by atoms with E-state index in [1.807, 2.05) is 0 Å². The van der Waals surface area contributed by atoms with E-state index >= 15 is 0 Å². The minimum Gasteiger partial charge on any atom is -0.329 e. The van der Waals surface area contributed by atoms with Crippen LogP contribution in [0.5, 0.6) is 0 Å². The zero-order chi connectivity index (χ0) is 19.6. The molecular weight excluding hydrogens is 422 g/mol. The van der Waals surface area contributed by atoms with Crippen LogP contribution in [-0.2, 0) is 4.79 Å². The summed E-state index contributed by atoms with van der Waals surface area (Å²) in [4.78, 5) is 32.0. The average molecular weight is 441 g/mol. The summed E-state index contributed by atoms with van der Waals surface area (Å²) >= 11 is 3.27. The van der Waals surface area contributed by atoms with Crippen molar-refractivity contribution in [3.8, 4) is 0 Å². The van der Waals surface area contributed by atoms with E-state index < -0.39 is 17.9 Å². The van der Waals surface area contributed by atoms with Crippen LogP contribution in [-0.4, -0.2) is 45.8 Å². The Hall–Kier alpha value is -2.13. The Morgan fingerprint density at radius 2 is 2.19 bits per heavy atom. The summed E-state index contributed by atoms with van der Waals surface area (Å²) in [5.74, 6) is -3.91. The van der Waals surface area contributed by atoms with Crippen molar-refractivity contribution < 1.29 is 13.6 Å². The first-order chi connectivity index (χ1) is 12.8. The number of carbonyl (C=O) groups excluding carboxylic acids is 1. The summed E-state index contributed by atoms with van der Waals surface area (Å²) in [5.41, 5.74) is 0.0101. The van der Waals surface area contributed by atoms with E-state index in [2.05, 4.69) is 31.2 Å². The highest BCUT2D eigenvalue weighted by atomic mass is 79.9. The fraction of sp³-hybridized carbons (Fsp3) is 0.389. The molecule has 6 nitrogen and oxygen atoms in total. The molecule has 1 aliphatic heterocycles. The maximum Gasteiger partial charge on any atom is 0.257 e. The minimum absolute atomic E-state index is 0.0153. The van der Waals surface area contributed by atoms with Crippen LogP contribution in [0.2, 0.25) is 0 Å². The summed E-state index contributed by atoms with van der Waals surface area (Å²) in [6.45, 7) is 1.80. The third-order valence-corrected chi connectivity index (χ3v) is 5.24. The van der Waals surface area contributed by atoms with Crippen LogP contribution < -0.4 is 10.9 Å². The van der Waals surface area contributed by atoms with Gasteiger partial charge in [0.2, 0.25) is 11.5 Å². The van der Waals surface area contributed by atoms with Gasteiger partial charge in [-0.05, 0) is 40.5 Å². The molecule has 2 aromatic heterocycles. The standard InChI is InChI=1S/C18H19BrF2N4O2/c1-11(17(27)24-15-4-3-13(19)9-22-15)25-7-6-18(20,21)14(10-25)12-2-5-16(26)23-8-12/h2-5,8-9,11,14H,6-7,10H2,1H3,(H,23,26)(H,22,24,27)/t11?,14-/m1/s1. The van der Waals surface area contributed by atoms with Crippen molar-refractivity contribution in [2.45, 2.75) is 31.2 Å². The second-order valence-corrected chi connectivity index (χ2v) is 7.49. The lowest BCUT2D eigenvalue weighted by Gasteiger charge is -2.40. The van der Waals surface area contributed by atoms with Gasteiger partial charge in [-0.3, -0.25) is 14.5 Å². The Labute approximate surface area is 163 Å². The largest absolute Gasteiger partial charge is 0.329 e.